The van der Waals surface area contributed by atoms with Crippen LogP contribution < -0.4 is 5.32 Å². The molecule has 74 valence electrons. The van der Waals surface area contributed by atoms with Gasteiger partial charge in [-0.15, -0.1) is 12.6 Å². The number of anilines is 1. The molecule has 1 amide bonds. The Kier molecular flexibility index (Phi) is 3.19. The van der Waals surface area contributed by atoms with E-state index >= 15 is 0 Å². The fraction of sp³-hybridized carbons (Fsp3) is 0.100. The van der Waals surface area contributed by atoms with Gasteiger partial charge in [0.1, 0.15) is 5.75 Å². The van der Waals surface area contributed by atoms with E-state index in [4.69, 9.17) is 0 Å². The Labute approximate surface area is 87.9 Å². The molecule has 14 heavy (non-hydrogen) atoms. The first kappa shape index (κ1) is 10.7. The Morgan fingerprint density at radius 1 is 1.57 bits per heavy atom. The molecule has 0 aliphatic rings. The van der Waals surface area contributed by atoms with E-state index in [1.165, 1.54) is 12.1 Å². The minimum absolute atomic E-state index is 0.0832. The lowest BCUT2D eigenvalue weighted by atomic mass is 10.2. The average molecular weight is 209 g/mol. The molecular formula is C10H11NO2S. The summed E-state index contributed by atoms with van der Waals surface area (Å²) in [6, 6.07) is 4.54. The highest BCUT2D eigenvalue weighted by atomic mass is 32.1. The van der Waals surface area contributed by atoms with Crippen molar-refractivity contribution in [1.82, 2.24) is 0 Å². The van der Waals surface area contributed by atoms with Gasteiger partial charge in [-0.2, -0.15) is 0 Å². The smallest absolute Gasteiger partial charge is 0.250 e. The zero-order chi connectivity index (χ0) is 10.7. The van der Waals surface area contributed by atoms with Crippen molar-refractivity contribution in [3.8, 4) is 5.75 Å². The molecule has 4 heteroatoms. The number of benzene rings is 1. The number of carbonyl (C=O) groups is 1. The van der Waals surface area contributed by atoms with Gasteiger partial charge in [0, 0.05) is 16.5 Å². The topological polar surface area (TPSA) is 49.3 Å². The van der Waals surface area contributed by atoms with Crippen LogP contribution in [0.25, 0.3) is 0 Å². The molecule has 3 nitrogen and oxygen atoms in total. The van der Waals surface area contributed by atoms with Gasteiger partial charge in [-0.05, 0) is 19.1 Å². The first-order valence-corrected chi connectivity index (χ1v) is 4.44. The van der Waals surface area contributed by atoms with Crippen molar-refractivity contribution >= 4 is 24.2 Å². The van der Waals surface area contributed by atoms with E-state index in [2.05, 4.69) is 24.5 Å². The number of thiol groups is 1. The molecule has 1 aromatic rings. The third-order valence-electron chi connectivity index (χ3n) is 1.62. The predicted octanol–water partition coefficient (Wildman–Crippen LogP) is 2.20. The van der Waals surface area contributed by atoms with Gasteiger partial charge in [0.25, 0.3) is 5.91 Å². The number of amides is 1. The van der Waals surface area contributed by atoms with Crippen molar-refractivity contribution in [2.75, 3.05) is 5.32 Å². The van der Waals surface area contributed by atoms with Gasteiger partial charge < -0.3 is 10.4 Å². The van der Waals surface area contributed by atoms with Crippen LogP contribution >= 0.6 is 12.6 Å². The van der Waals surface area contributed by atoms with Crippen LogP contribution in [0, 0.1) is 0 Å². The van der Waals surface area contributed by atoms with Crippen LogP contribution in [-0.4, -0.2) is 11.0 Å². The molecule has 0 aromatic heterocycles. The number of hydrogen-bond acceptors (Lipinski definition) is 3. The van der Waals surface area contributed by atoms with E-state index in [0.717, 1.165) is 0 Å². The molecule has 0 spiro atoms. The van der Waals surface area contributed by atoms with E-state index < -0.39 is 0 Å². The molecule has 0 saturated carbocycles. The molecule has 0 radical (unpaired) electrons. The predicted molar refractivity (Wildman–Crippen MR) is 58.8 cm³/mol. The van der Waals surface area contributed by atoms with Gasteiger partial charge in [0.2, 0.25) is 0 Å². The lowest BCUT2D eigenvalue weighted by Gasteiger charge is -2.07. The lowest BCUT2D eigenvalue weighted by Crippen LogP contribution is -2.12. The Morgan fingerprint density at radius 2 is 2.21 bits per heavy atom. The van der Waals surface area contributed by atoms with Crippen LogP contribution in [0.5, 0.6) is 5.75 Å². The second kappa shape index (κ2) is 4.19. The summed E-state index contributed by atoms with van der Waals surface area (Å²) in [4.78, 5) is 11.8. The molecule has 1 aromatic carbocycles. The molecule has 0 saturated heterocycles. The summed E-state index contributed by atoms with van der Waals surface area (Å²) in [5.41, 5.74) is 0.877. The molecular weight excluding hydrogens is 198 g/mol. The van der Waals surface area contributed by atoms with E-state index in [9.17, 15) is 9.90 Å². The average Bonchev–Trinajstić information content (AvgIpc) is 2.11. The Morgan fingerprint density at radius 3 is 2.79 bits per heavy atom. The summed E-state index contributed by atoms with van der Waals surface area (Å²) in [6.07, 6.45) is 0. The van der Waals surface area contributed by atoms with Crippen LogP contribution in [-0.2, 0) is 4.79 Å². The number of phenolic OH excluding ortho intramolecular Hbond substituents is 1. The first-order chi connectivity index (χ1) is 6.50. The van der Waals surface area contributed by atoms with Crippen molar-refractivity contribution in [2.24, 2.45) is 0 Å². The molecule has 0 heterocycles. The maximum absolute atomic E-state index is 11.2. The molecule has 0 aliphatic heterocycles. The summed E-state index contributed by atoms with van der Waals surface area (Å²) in [7, 11) is 0. The highest BCUT2D eigenvalue weighted by molar-refractivity contribution is 7.80. The molecule has 0 unspecified atom stereocenters. The number of phenols is 1. The molecule has 0 atom stereocenters. The fourth-order valence-corrected chi connectivity index (χ4v) is 1.05. The second-order valence-electron chi connectivity index (χ2n) is 2.94. The number of nitrogens with one attached hydrogen (secondary N) is 1. The lowest BCUT2D eigenvalue weighted by molar-refractivity contribution is -0.112. The number of hydrogen-bond donors (Lipinski definition) is 3. The summed E-state index contributed by atoms with van der Waals surface area (Å²) in [5.74, 6) is -0.203. The minimum atomic E-state index is -0.286. The van der Waals surface area contributed by atoms with Crippen molar-refractivity contribution in [3.63, 3.8) is 0 Å². The monoisotopic (exact) mass is 209 g/mol. The van der Waals surface area contributed by atoms with Crippen molar-refractivity contribution in [3.05, 3.63) is 30.4 Å². The van der Waals surface area contributed by atoms with Crippen LogP contribution in [0.2, 0.25) is 0 Å². The summed E-state index contributed by atoms with van der Waals surface area (Å²) in [6.45, 7) is 5.11. The van der Waals surface area contributed by atoms with Crippen molar-refractivity contribution in [2.45, 2.75) is 11.8 Å². The summed E-state index contributed by atoms with van der Waals surface area (Å²) >= 11 is 4.13. The Balaban J connectivity index is 2.91. The van der Waals surface area contributed by atoms with Crippen LogP contribution in [0.4, 0.5) is 5.69 Å². The van der Waals surface area contributed by atoms with Gasteiger partial charge in [0.05, 0.1) is 5.69 Å². The third kappa shape index (κ3) is 2.53. The molecule has 0 fully saturated rings. The largest absolute Gasteiger partial charge is 0.508 e. The van der Waals surface area contributed by atoms with Gasteiger partial charge in [-0.25, -0.2) is 0 Å². The maximum Gasteiger partial charge on any atom is 0.250 e. The van der Waals surface area contributed by atoms with Crippen LogP contribution in [0.3, 0.4) is 0 Å². The van der Waals surface area contributed by atoms with Crippen molar-refractivity contribution < 1.29 is 9.90 Å². The SMILES string of the molecule is C=C(C)C(=O)Nc1cc(O)ccc1S. The molecule has 2 N–H and O–H groups in total. The quantitative estimate of drug-likeness (QED) is 0.516. The van der Waals surface area contributed by atoms with Gasteiger partial charge >= 0.3 is 0 Å². The zero-order valence-corrected chi connectivity index (χ0v) is 8.64. The van der Waals surface area contributed by atoms with Gasteiger partial charge in [0.15, 0.2) is 0 Å². The summed E-state index contributed by atoms with van der Waals surface area (Å²) in [5, 5.41) is 11.8. The standard InChI is InChI=1S/C10H11NO2S/c1-6(2)10(13)11-8-5-7(12)3-4-9(8)14/h3-5,12,14H,1H2,2H3,(H,11,13). The third-order valence-corrected chi connectivity index (χ3v) is 2.01. The summed E-state index contributed by atoms with van der Waals surface area (Å²) < 4.78 is 0. The van der Waals surface area contributed by atoms with Crippen LogP contribution in [0.1, 0.15) is 6.92 Å². The molecule has 0 bridgehead atoms. The maximum atomic E-state index is 11.2. The molecule has 1 rings (SSSR count). The van der Waals surface area contributed by atoms with Gasteiger partial charge in [-0.3, -0.25) is 4.79 Å². The molecule has 0 aliphatic carbocycles. The van der Waals surface area contributed by atoms with E-state index in [-0.39, 0.29) is 11.7 Å². The van der Waals surface area contributed by atoms with E-state index in [0.29, 0.717) is 16.2 Å². The second-order valence-corrected chi connectivity index (χ2v) is 3.42. The van der Waals surface area contributed by atoms with E-state index in [1.807, 2.05) is 0 Å². The van der Waals surface area contributed by atoms with E-state index in [1.54, 1.807) is 13.0 Å². The minimum Gasteiger partial charge on any atom is -0.508 e. The zero-order valence-electron chi connectivity index (χ0n) is 7.74. The highest BCUT2D eigenvalue weighted by Gasteiger charge is 2.05. The normalized spacial score (nSPS) is 9.57. The number of aromatic hydroxyl groups is 1. The van der Waals surface area contributed by atoms with Gasteiger partial charge in [-0.1, -0.05) is 6.58 Å². The first-order valence-electron chi connectivity index (χ1n) is 3.99. The number of carbonyl (C=O) groups excluding carboxylic acids is 1. The Hall–Kier alpha value is -1.42. The fourth-order valence-electron chi connectivity index (χ4n) is 0.853. The van der Waals surface area contributed by atoms with Crippen molar-refractivity contribution in [1.29, 1.82) is 0 Å². The number of rotatable bonds is 2. The highest BCUT2D eigenvalue weighted by Crippen LogP contribution is 2.24. The Bertz CT molecular complexity index is 388. The van der Waals surface area contributed by atoms with Crippen LogP contribution in [0.15, 0.2) is 35.2 Å².